The molecule has 0 saturated heterocycles. The summed E-state index contributed by atoms with van der Waals surface area (Å²) in [5.74, 6) is -0.00372. The van der Waals surface area contributed by atoms with E-state index in [1.807, 2.05) is 16.7 Å². The fourth-order valence-electron chi connectivity index (χ4n) is 4.99. The van der Waals surface area contributed by atoms with Crippen LogP contribution in [0.15, 0.2) is 53.7 Å². The number of hydrogen-bond donors (Lipinski definition) is 1. The number of fused-ring (bicyclic) bond motifs is 3. The van der Waals surface area contributed by atoms with Crippen LogP contribution in [-0.2, 0) is 13.5 Å². The van der Waals surface area contributed by atoms with Gasteiger partial charge in [-0.15, -0.1) is 0 Å². The Morgan fingerprint density at radius 1 is 1.09 bits per heavy atom. The molecule has 1 N–H and O–H groups in total. The zero-order valence-electron chi connectivity index (χ0n) is 18.8. The minimum absolute atomic E-state index is 0.262. The maximum atomic E-state index is 14.2. The van der Waals surface area contributed by atoms with Gasteiger partial charge in [-0.1, -0.05) is 19.1 Å². The SMILES string of the molecule is CCc1ccc2ncn(-c3ncc4c(n3)n([C@@H]3CC[C@@H](O)c5ccc(F)cc53)c(=O)n4C)c2c1. The summed E-state index contributed by atoms with van der Waals surface area (Å²) in [4.78, 5) is 27.1. The van der Waals surface area contributed by atoms with Crippen molar-refractivity contribution in [1.29, 1.82) is 0 Å². The summed E-state index contributed by atoms with van der Waals surface area (Å²) in [5, 5.41) is 10.5. The van der Waals surface area contributed by atoms with Crippen LogP contribution in [0.1, 0.15) is 48.6 Å². The Kier molecular flexibility index (Phi) is 4.63. The maximum absolute atomic E-state index is 14.2. The van der Waals surface area contributed by atoms with Gasteiger partial charge in [0, 0.05) is 7.05 Å². The lowest BCUT2D eigenvalue weighted by molar-refractivity contribution is 0.147. The van der Waals surface area contributed by atoms with E-state index in [2.05, 4.69) is 23.0 Å². The van der Waals surface area contributed by atoms with Crippen LogP contribution in [0.25, 0.3) is 28.1 Å². The van der Waals surface area contributed by atoms with Crippen LogP contribution in [-0.4, -0.2) is 33.8 Å². The Morgan fingerprint density at radius 2 is 1.94 bits per heavy atom. The number of imidazole rings is 2. The first-order chi connectivity index (χ1) is 16.5. The van der Waals surface area contributed by atoms with Crippen molar-refractivity contribution < 1.29 is 9.50 Å². The van der Waals surface area contributed by atoms with E-state index in [1.165, 1.54) is 22.3 Å². The molecule has 8 nitrogen and oxygen atoms in total. The number of aliphatic hydroxyl groups is 1. The Hall–Kier alpha value is -3.85. The largest absolute Gasteiger partial charge is 0.388 e. The molecule has 6 rings (SSSR count). The highest BCUT2D eigenvalue weighted by molar-refractivity contribution is 5.78. The number of rotatable bonds is 3. The van der Waals surface area contributed by atoms with Crippen LogP contribution in [0.2, 0.25) is 0 Å². The van der Waals surface area contributed by atoms with Crippen LogP contribution in [0.5, 0.6) is 0 Å². The van der Waals surface area contributed by atoms with Crippen molar-refractivity contribution in [2.75, 3.05) is 0 Å². The van der Waals surface area contributed by atoms with E-state index >= 15 is 0 Å². The van der Waals surface area contributed by atoms with Crippen molar-refractivity contribution in [3.8, 4) is 5.95 Å². The Morgan fingerprint density at radius 3 is 2.76 bits per heavy atom. The highest BCUT2D eigenvalue weighted by Gasteiger charge is 2.31. The minimum atomic E-state index is -0.687. The van der Waals surface area contributed by atoms with Gasteiger partial charge in [-0.25, -0.2) is 19.2 Å². The molecule has 0 amide bonds. The van der Waals surface area contributed by atoms with Crippen molar-refractivity contribution in [3.05, 3.63) is 81.9 Å². The topological polar surface area (TPSA) is 90.8 Å². The third-order valence-electron chi connectivity index (χ3n) is 6.85. The number of hydrogen-bond acceptors (Lipinski definition) is 5. The van der Waals surface area contributed by atoms with Crippen molar-refractivity contribution in [1.82, 2.24) is 28.7 Å². The summed E-state index contributed by atoms with van der Waals surface area (Å²) in [7, 11) is 1.68. The fourth-order valence-corrected chi connectivity index (χ4v) is 4.99. The third-order valence-corrected chi connectivity index (χ3v) is 6.85. The summed E-state index contributed by atoms with van der Waals surface area (Å²) in [6.45, 7) is 2.09. The summed E-state index contributed by atoms with van der Waals surface area (Å²) in [6, 6.07) is 9.99. The molecule has 0 bridgehead atoms. The summed E-state index contributed by atoms with van der Waals surface area (Å²) < 4.78 is 19.1. The lowest BCUT2D eigenvalue weighted by Gasteiger charge is -2.29. The van der Waals surface area contributed by atoms with Gasteiger partial charge in [-0.05, 0) is 60.2 Å². The van der Waals surface area contributed by atoms with Gasteiger partial charge in [0.1, 0.15) is 17.7 Å². The molecule has 172 valence electrons. The maximum Gasteiger partial charge on any atom is 0.330 e. The zero-order chi connectivity index (χ0) is 23.6. The smallest absolute Gasteiger partial charge is 0.330 e. The molecule has 0 spiro atoms. The van der Waals surface area contributed by atoms with Crippen LogP contribution >= 0.6 is 0 Å². The average Bonchev–Trinajstić information content (AvgIpc) is 3.37. The van der Waals surface area contributed by atoms with E-state index in [-0.39, 0.29) is 5.69 Å². The van der Waals surface area contributed by atoms with Gasteiger partial charge in [0.25, 0.3) is 0 Å². The molecule has 5 aromatic rings. The molecule has 9 heteroatoms. The second kappa shape index (κ2) is 7.59. The number of halogens is 1. The van der Waals surface area contributed by atoms with Gasteiger partial charge in [-0.2, -0.15) is 4.98 Å². The molecule has 3 aromatic heterocycles. The summed E-state index contributed by atoms with van der Waals surface area (Å²) >= 11 is 0. The molecule has 0 unspecified atom stereocenters. The number of nitrogens with zero attached hydrogens (tertiary/aromatic N) is 6. The lowest BCUT2D eigenvalue weighted by atomic mass is 9.85. The van der Waals surface area contributed by atoms with Gasteiger partial charge >= 0.3 is 5.69 Å². The lowest BCUT2D eigenvalue weighted by Crippen LogP contribution is -2.30. The van der Waals surface area contributed by atoms with Crippen LogP contribution < -0.4 is 5.69 Å². The molecular weight excluding hydrogens is 435 g/mol. The number of aryl methyl sites for hydroxylation is 2. The second-order valence-corrected chi connectivity index (χ2v) is 8.76. The third kappa shape index (κ3) is 3.00. The molecule has 0 fully saturated rings. The molecule has 1 aliphatic rings. The second-order valence-electron chi connectivity index (χ2n) is 8.76. The van der Waals surface area contributed by atoms with Crippen molar-refractivity contribution in [3.63, 3.8) is 0 Å². The molecule has 0 aliphatic heterocycles. The predicted molar refractivity (Wildman–Crippen MR) is 126 cm³/mol. The first kappa shape index (κ1) is 20.7. The highest BCUT2D eigenvalue weighted by atomic mass is 19.1. The first-order valence-electron chi connectivity index (χ1n) is 11.3. The zero-order valence-corrected chi connectivity index (χ0v) is 18.8. The van der Waals surface area contributed by atoms with Crippen LogP contribution in [0, 0.1) is 5.82 Å². The van der Waals surface area contributed by atoms with Gasteiger partial charge in [0.05, 0.1) is 29.4 Å². The summed E-state index contributed by atoms with van der Waals surface area (Å²) in [5.41, 5.74) is 4.92. The van der Waals surface area contributed by atoms with E-state index in [4.69, 9.17) is 4.98 Å². The molecule has 34 heavy (non-hydrogen) atoms. The quantitative estimate of drug-likeness (QED) is 0.446. The van der Waals surface area contributed by atoms with E-state index in [0.717, 1.165) is 17.5 Å². The van der Waals surface area contributed by atoms with Crippen molar-refractivity contribution in [2.45, 2.75) is 38.3 Å². The first-order valence-corrected chi connectivity index (χ1v) is 11.3. The number of benzene rings is 2. The van der Waals surface area contributed by atoms with Crippen molar-refractivity contribution in [2.24, 2.45) is 7.05 Å². The van der Waals surface area contributed by atoms with E-state index < -0.39 is 18.0 Å². The molecule has 2 atom stereocenters. The Labute approximate surface area is 194 Å². The van der Waals surface area contributed by atoms with Gasteiger partial charge < -0.3 is 5.11 Å². The Balaban J connectivity index is 1.58. The van der Waals surface area contributed by atoms with Gasteiger partial charge in [0.15, 0.2) is 5.65 Å². The van der Waals surface area contributed by atoms with E-state index in [1.54, 1.807) is 30.2 Å². The molecular formula is C25H23FN6O2. The monoisotopic (exact) mass is 458 g/mol. The minimum Gasteiger partial charge on any atom is -0.388 e. The van der Waals surface area contributed by atoms with Gasteiger partial charge in [0.2, 0.25) is 5.95 Å². The molecule has 0 radical (unpaired) electrons. The number of aliphatic hydroxyl groups excluding tert-OH is 1. The average molecular weight is 458 g/mol. The van der Waals surface area contributed by atoms with Crippen LogP contribution in [0.3, 0.4) is 0 Å². The van der Waals surface area contributed by atoms with E-state index in [9.17, 15) is 14.3 Å². The van der Waals surface area contributed by atoms with E-state index in [0.29, 0.717) is 41.1 Å². The summed E-state index contributed by atoms with van der Waals surface area (Å²) in [6.07, 6.45) is 4.48. The molecule has 1 aliphatic carbocycles. The fraction of sp³-hybridized carbons (Fsp3) is 0.280. The highest BCUT2D eigenvalue weighted by Crippen LogP contribution is 2.39. The molecule has 3 heterocycles. The number of aromatic nitrogens is 6. The predicted octanol–water partition coefficient (Wildman–Crippen LogP) is 3.59. The normalized spacial score (nSPS) is 18.0. The Bertz CT molecular complexity index is 1630. The molecule has 0 saturated carbocycles. The van der Waals surface area contributed by atoms with Crippen molar-refractivity contribution >= 4 is 22.2 Å². The van der Waals surface area contributed by atoms with Crippen LogP contribution in [0.4, 0.5) is 4.39 Å². The standard InChI is InChI=1S/C25H23FN6O2/c1-3-14-4-7-18-20(10-14)31(13-28-18)24-27-12-21-23(29-24)32(25(34)30(21)2)19-8-9-22(33)16-6-5-15(26)11-17(16)19/h4-7,10-13,19,22,33H,3,8-9H2,1-2H3/t19-,22-/m1/s1. The van der Waals surface area contributed by atoms with Gasteiger partial charge in [-0.3, -0.25) is 13.7 Å². The molecule has 2 aromatic carbocycles.